The molecule has 8 nitrogen and oxygen atoms in total. The molecule has 3 heterocycles. The lowest BCUT2D eigenvalue weighted by atomic mass is 9.74. The van der Waals surface area contributed by atoms with Gasteiger partial charge in [0.15, 0.2) is 0 Å². The lowest BCUT2D eigenvalue weighted by Crippen LogP contribution is -2.52. The summed E-state index contributed by atoms with van der Waals surface area (Å²) in [7, 11) is 1.42. The normalized spacial score (nSPS) is 25.2. The van der Waals surface area contributed by atoms with Crippen molar-refractivity contribution in [2.45, 2.75) is 71.1 Å². The van der Waals surface area contributed by atoms with Crippen LogP contribution in [0.5, 0.6) is 0 Å². The van der Waals surface area contributed by atoms with Crippen molar-refractivity contribution >= 4 is 29.2 Å². The van der Waals surface area contributed by atoms with Crippen molar-refractivity contribution in [2.75, 3.05) is 13.7 Å². The summed E-state index contributed by atoms with van der Waals surface area (Å²) in [6, 6.07) is 7.64. The Balaban J connectivity index is 1.88. The fourth-order valence-electron chi connectivity index (χ4n) is 5.74. The number of esters is 1. The van der Waals surface area contributed by atoms with Gasteiger partial charge in [0.1, 0.15) is 5.60 Å². The van der Waals surface area contributed by atoms with Crippen LogP contribution in [0, 0.1) is 11.8 Å². The van der Waals surface area contributed by atoms with Gasteiger partial charge < -0.3 is 14.7 Å². The molecule has 2 aliphatic rings. The average Bonchev–Trinajstić information content (AvgIpc) is 3.12. The van der Waals surface area contributed by atoms with Gasteiger partial charge in [0.2, 0.25) is 0 Å². The van der Waals surface area contributed by atoms with Gasteiger partial charge in [0.05, 0.1) is 36.6 Å². The standard InChI is InChI=1S/C26H35N3O5/c1-6-16-15-28-18(14-27-32)13-20-19-9-7-8-10-21(19)29(25(31)34-26(2,3)4)24(20)22(28)11-17(16)12-23(30)33-5/h7-10,14,16-18,22,32H,6,11-13,15H2,1-5H3/b27-14-/t16-,17+,18-,22-/m0/s1. The number of ether oxygens (including phenoxy) is 2. The number of fused-ring (bicyclic) bond motifs is 5. The smallest absolute Gasteiger partial charge is 0.419 e. The van der Waals surface area contributed by atoms with E-state index in [2.05, 4.69) is 17.0 Å². The van der Waals surface area contributed by atoms with Crippen LogP contribution in [0.15, 0.2) is 29.4 Å². The number of carbonyl (C=O) groups is 2. The Morgan fingerprint density at radius 1 is 1.24 bits per heavy atom. The van der Waals surface area contributed by atoms with Crippen LogP contribution < -0.4 is 0 Å². The second-order valence-corrected chi connectivity index (χ2v) is 10.4. The maximum Gasteiger partial charge on any atom is 0.419 e. The third-order valence-corrected chi connectivity index (χ3v) is 7.21. The number of carbonyl (C=O) groups excluding carboxylic acids is 2. The molecule has 0 aliphatic carbocycles. The summed E-state index contributed by atoms with van der Waals surface area (Å²) < 4.78 is 12.5. The molecule has 1 fully saturated rings. The molecule has 1 aromatic carbocycles. The van der Waals surface area contributed by atoms with Crippen molar-refractivity contribution < 1.29 is 24.3 Å². The second kappa shape index (κ2) is 9.41. The minimum Gasteiger partial charge on any atom is -0.469 e. The van der Waals surface area contributed by atoms with Crippen molar-refractivity contribution in [3.8, 4) is 0 Å². The number of para-hydroxylation sites is 1. The van der Waals surface area contributed by atoms with E-state index < -0.39 is 11.7 Å². The summed E-state index contributed by atoms with van der Waals surface area (Å²) in [6.07, 6.45) is 3.79. The maximum atomic E-state index is 13.5. The van der Waals surface area contributed by atoms with Gasteiger partial charge in [-0.15, -0.1) is 5.16 Å². The van der Waals surface area contributed by atoms with Crippen LogP contribution in [0.25, 0.3) is 10.9 Å². The number of rotatable bonds is 4. The van der Waals surface area contributed by atoms with E-state index in [-0.39, 0.29) is 24.0 Å². The van der Waals surface area contributed by atoms with Gasteiger partial charge in [-0.25, -0.2) is 9.36 Å². The third kappa shape index (κ3) is 4.43. The van der Waals surface area contributed by atoms with E-state index in [1.54, 1.807) is 10.8 Å². The average molecular weight is 470 g/mol. The van der Waals surface area contributed by atoms with E-state index in [0.717, 1.165) is 35.1 Å². The molecule has 0 spiro atoms. The van der Waals surface area contributed by atoms with Gasteiger partial charge in [0.25, 0.3) is 0 Å². The predicted octanol–water partition coefficient (Wildman–Crippen LogP) is 4.76. The molecule has 2 aliphatic heterocycles. The number of hydrogen-bond donors (Lipinski definition) is 1. The first kappa shape index (κ1) is 24.3. The zero-order chi connectivity index (χ0) is 24.6. The molecule has 34 heavy (non-hydrogen) atoms. The lowest BCUT2D eigenvalue weighted by molar-refractivity contribution is -0.143. The first-order valence-corrected chi connectivity index (χ1v) is 12.0. The van der Waals surface area contributed by atoms with Crippen molar-refractivity contribution in [3.63, 3.8) is 0 Å². The Hall–Kier alpha value is -2.87. The van der Waals surface area contributed by atoms with E-state index in [9.17, 15) is 14.8 Å². The molecule has 2 aromatic rings. The zero-order valence-electron chi connectivity index (χ0n) is 20.7. The first-order valence-electron chi connectivity index (χ1n) is 12.0. The molecule has 8 heteroatoms. The van der Waals surface area contributed by atoms with Crippen LogP contribution in [-0.2, 0) is 20.7 Å². The summed E-state index contributed by atoms with van der Waals surface area (Å²) in [4.78, 5) is 28.0. The second-order valence-electron chi connectivity index (χ2n) is 10.4. The van der Waals surface area contributed by atoms with Gasteiger partial charge >= 0.3 is 12.1 Å². The molecule has 1 aromatic heterocycles. The largest absolute Gasteiger partial charge is 0.469 e. The summed E-state index contributed by atoms with van der Waals surface area (Å²) in [6.45, 7) is 8.47. The van der Waals surface area contributed by atoms with Crippen LogP contribution in [0.2, 0.25) is 0 Å². The Kier molecular flexibility index (Phi) is 6.71. The van der Waals surface area contributed by atoms with Crippen molar-refractivity contribution in [1.29, 1.82) is 0 Å². The Labute approximate surface area is 200 Å². The van der Waals surface area contributed by atoms with Crippen molar-refractivity contribution in [3.05, 3.63) is 35.5 Å². The Morgan fingerprint density at radius 2 is 1.97 bits per heavy atom. The molecule has 4 rings (SSSR count). The minimum atomic E-state index is -0.636. The topological polar surface area (TPSA) is 93.4 Å². The highest BCUT2D eigenvalue weighted by molar-refractivity contribution is 5.94. The van der Waals surface area contributed by atoms with Crippen LogP contribution in [0.1, 0.15) is 64.3 Å². The molecule has 0 amide bonds. The molecular formula is C26H35N3O5. The van der Waals surface area contributed by atoms with E-state index in [1.165, 1.54) is 7.11 Å². The van der Waals surface area contributed by atoms with E-state index in [0.29, 0.717) is 25.2 Å². The zero-order valence-corrected chi connectivity index (χ0v) is 20.7. The van der Waals surface area contributed by atoms with E-state index in [1.807, 2.05) is 45.0 Å². The van der Waals surface area contributed by atoms with Crippen molar-refractivity contribution in [2.24, 2.45) is 17.0 Å². The molecule has 0 radical (unpaired) electrons. The highest BCUT2D eigenvalue weighted by Crippen LogP contribution is 2.47. The van der Waals surface area contributed by atoms with Gasteiger partial charge in [-0.05, 0) is 57.1 Å². The number of methoxy groups -OCH3 is 1. The number of hydrogen-bond acceptors (Lipinski definition) is 7. The number of aromatic nitrogens is 1. The molecule has 4 atom stereocenters. The van der Waals surface area contributed by atoms with Crippen LogP contribution in [-0.4, -0.2) is 58.2 Å². The highest BCUT2D eigenvalue weighted by Gasteiger charge is 2.45. The minimum absolute atomic E-state index is 0.103. The van der Waals surface area contributed by atoms with Crippen LogP contribution in [0.3, 0.4) is 0 Å². The fraction of sp³-hybridized carbons (Fsp3) is 0.577. The molecule has 0 bridgehead atoms. The Morgan fingerprint density at radius 3 is 2.62 bits per heavy atom. The Bertz CT molecular complexity index is 1100. The summed E-state index contributed by atoms with van der Waals surface area (Å²) >= 11 is 0. The van der Waals surface area contributed by atoms with Gasteiger partial charge in [-0.3, -0.25) is 9.69 Å². The molecule has 0 unspecified atom stereocenters. The molecule has 1 saturated heterocycles. The fourth-order valence-corrected chi connectivity index (χ4v) is 5.74. The first-order chi connectivity index (χ1) is 16.2. The number of benzene rings is 1. The lowest BCUT2D eigenvalue weighted by Gasteiger charge is -2.49. The van der Waals surface area contributed by atoms with Gasteiger partial charge in [-0.2, -0.15) is 0 Å². The highest BCUT2D eigenvalue weighted by atomic mass is 16.6. The molecular weight excluding hydrogens is 434 g/mol. The number of piperidine rings is 1. The van der Waals surface area contributed by atoms with Crippen LogP contribution in [0.4, 0.5) is 4.79 Å². The molecule has 184 valence electrons. The summed E-state index contributed by atoms with van der Waals surface area (Å²) in [5, 5.41) is 13.8. The van der Waals surface area contributed by atoms with Gasteiger partial charge in [-0.1, -0.05) is 31.5 Å². The molecule has 1 N–H and O–H groups in total. The number of nitrogens with zero attached hydrogens (tertiary/aromatic N) is 3. The van der Waals surface area contributed by atoms with E-state index in [4.69, 9.17) is 9.47 Å². The van der Waals surface area contributed by atoms with Crippen molar-refractivity contribution in [1.82, 2.24) is 9.47 Å². The summed E-state index contributed by atoms with van der Waals surface area (Å²) in [5.41, 5.74) is 2.16. The number of oxime groups is 1. The summed E-state index contributed by atoms with van der Waals surface area (Å²) in [5.74, 6) is 0.210. The van der Waals surface area contributed by atoms with Crippen LogP contribution >= 0.6 is 0 Å². The van der Waals surface area contributed by atoms with E-state index >= 15 is 0 Å². The monoisotopic (exact) mass is 469 g/mol. The third-order valence-electron chi connectivity index (χ3n) is 7.21. The maximum absolute atomic E-state index is 13.5. The quantitative estimate of drug-likeness (QED) is 0.300. The molecule has 0 saturated carbocycles. The predicted molar refractivity (Wildman–Crippen MR) is 129 cm³/mol. The SMILES string of the molecule is CC[C@H]1CN2[C@H](/C=N\O)Cc3c(n(C(=O)OC(C)(C)C)c4ccccc34)[C@@H]2C[C@@H]1CC(=O)OC. The van der Waals surface area contributed by atoms with Gasteiger partial charge in [0, 0.05) is 18.4 Å².